The third kappa shape index (κ3) is 3.06. The molecule has 0 spiro atoms. The molecular formula is C24H19N7. The van der Waals surface area contributed by atoms with E-state index in [0.717, 1.165) is 58.1 Å². The van der Waals surface area contributed by atoms with E-state index in [4.69, 9.17) is 15.0 Å². The molecule has 6 rings (SSSR count). The quantitative estimate of drug-likeness (QED) is 0.450. The Morgan fingerprint density at radius 2 is 1.61 bits per heavy atom. The van der Waals surface area contributed by atoms with E-state index < -0.39 is 0 Å². The first kappa shape index (κ1) is 17.8. The summed E-state index contributed by atoms with van der Waals surface area (Å²) in [5, 5.41) is 1.05. The fourth-order valence-corrected chi connectivity index (χ4v) is 4.05. The van der Waals surface area contributed by atoms with E-state index in [9.17, 15) is 0 Å². The monoisotopic (exact) mass is 405 g/mol. The summed E-state index contributed by atoms with van der Waals surface area (Å²) in [6, 6.07) is 15.9. The molecule has 0 saturated carbocycles. The number of para-hydroxylation sites is 1. The molecule has 1 aliphatic rings. The fourth-order valence-electron chi connectivity index (χ4n) is 4.05. The van der Waals surface area contributed by atoms with Gasteiger partial charge in [0, 0.05) is 54.2 Å². The Labute approximate surface area is 178 Å². The lowest BCUT2D eigenvalue weighted by Gasteiger charge is -2.39. The van der Waals surface area contributed by atoms with Gasteiger partial charge in [0.25, 0.3) is 0 Å². The van der Waals surface area contributed by atoms with Gasteiger partial charge < -0.3 is 4.90 Å². The average Bonchev–Trinajstić information content (AvgIpc) is 2.78. The van der Waals surface area contributed by atoms with Crippen LogP contribution in [0.15, 0.2) is 67.1 Å². The van der Waals surface area contributed by atoms with Crippen LogP contribution in [-0.4, -0.2) is 43.0 Å². The van der Waals surface area contributed by atoms with Crippen molar-refractivity contribution in [2.45, 2.75) is 12.8 Å². The van der Waals surface area contributed by atoms with E-state index in [1.807, 2.05) is 61.7 Å². The molecule has 0 radical (unpaired) electrons. The molecule has 31 heavy (non-hydrogen) atoms. The van der Waals surface area contributed by atoms with Crippen LogP contribution in [0.4, 0.5) is 5.95 Å². The predicted molar refractivity (Wildman–Crippen MR) is 120 cm³/mol. The van der Waals surface area contributed by atoms with Gasteiger partial charge in [-0.3, -0.25) is 4.98 Å². The van der Waals surface area contributed by atoms with Gasteiger partial charge >= 0.3 is 0 Å². The molecule has 0 amide bonds. The van der Waals surface area contributed by atoms with E-state index in [2.05, 4.69) is 19.9 Å². The lowest BCUT2D eigenvalue weighted by molar-refractivity contribution is 0.505. The minimum atomic E-state index is 0.238. The number of pyridine rings is 2. The second-order valence-corrected chi connectivity index (χ2v) is 7.77. The molecule has 0 unspecified atom stereocenters. The van der Waals surface area contributed by atoms with E-state index in [-0.39, 0.29) is 5.92 Å². The van der Waals surface area contributed by atoms with Gasteiger partial charge in [-0.05, 0) is 37.3 Å². The van der Waals surface area contributed by atoms with Gasteiger partial charge in [-0.25, -0.2) is 24.9 Å². The molecule has 5 aromatic rings. The summed E-state index contributed by atoms with van der Waals surface area (Å²) in [4.78, 5) is 30.2. The molecule has 150 valence electrons. The van der Waals surface area contributed by atoms with Crippen LogP contribution in [0.2, 0.25) is 0 Å². The van der Waals surface area contributed by atoms with Gasteiger partial charge in [0.05, 0.1) is 16.9 Å². The highest BCUT2D eigenvalue weighted by Crippen LogP contribution is 2.35. The molecule has 4 aromatic heterocycles. The standard InChI is InChI=1S/C24H19N7/c1-15-18(7-4-10-25-15)22-21(28-20-9-5-11-26-23(20)30-22)17-13-31(14-17)24-27-12-16-6-2-3-8-19(16)29-24/h2-12,17H,13-14H2,1H3. The molecule has 5 heterocycles. The van der Waals surface area contributed by atoms with E-state index in [1.165, 1.54) is 0 Å². The Morgan fingerprint density at radius 3 is 2.52 bits per heavy atom. The van der Waals surface area contributed by atoms with Crippen molar-refractivity contribution < 1.29 is 0 Å². The molecule has 0 atom stereocenters. The summed E-state index contributed by atoms with van der Waals surface area (Å²) in [6.07, 6.45) is 5.43. The number of hydrogen-bond acceptors (Lipinski definition) is 7. The maximum atomic E-state index is 4.97. The molecule has 1 saturated heterocycles. The number of anilines is 1. The zero-order valence-corrected chi connectivity index (χ0v) is 17.0. The summed E-state index contributed by atoms with van der Waals surface area (Å²) >= 11 is 0. The Morgan fingerprint density at radius 1 is 0.806 bits per heavy atom. The molecule has 1 fully saturated rings. The number of fused-ring (bicyclic) bond motifs is 2. The van der Waals surface area contributed by atoms with Crippen molar-refractivity contribution >= 4 is 28.0 Å². The number of nitrogens with zero attached hydrogens (tertiary/aromatic N) is 7. The van der Waals surface area contributed by atoms with Gasteiger partial charge in [0.1, 0.15) is 5.52 Å². The molecule has 1 aliphatic heterocycles. The zero-order valence-electron chi connectivity index (χ0n) is 17.0. The molecular weight excluding hydrogens is 386 g/mol. The highest BCUT2D eigenvalue weighted by Gasteiger charge is 2.34. The van der Waals surface area contributed by atoms with Gasteiger partial charge in [0.2, 0.25) is 5.95 Å². The number of aryl methyl sites for hydroxylation is 1. The topological polar surface area (TPSA) is 80.6 Å². The van der Waals surface area contributed by atoms with Crippen LogP contribution in [0.1, 0.15) is 17.3 Å². The average molecular weight is 405 g/mol. The molecule has 7 nitrogen and oxygen atoms in total. The van der Waals surface area contributed by atoms with Crippen molar-refractivity contribution in [3.63, 3.8) is 0 Å². The SMILES string of the molecule is Cc1ncccc1-c1nc2ncccc2nc1C1CN(c2ncc3ccccc3n2)C1. The van der Waals surface area contributed by atoms with E-state index >= 15 is 0 Å². The third-order valence-electron chi connectivity index (χ3n) is 5.76. The predicted octanol–water partition coefficient (Wildman–Crippen LogP) is 3.94. The Bertz CT molecular complexity index is 1430. The second-order valence-electron chi connectivity index (χ2n) is 7.77. The highest BCUT2D eigenvalue weighted by molar-refractivity contribution is 5.79. The second kappa shape index (κ2) is 7.05. The summed E-state index contributed by atoms with van der Waals surface area (Å²) < 4.78 is 0. The van der Waals surface area contributed by atoms with Crippen LogP contribution in [0.25, 0.3) is 33.3 Å². The molecule has 7 heteroatoms. The van der Waals surface area contributed by atoms with Crippen LogP contribution in [0.5, 0.6) is 0 Å². The van der Waals surface area contributed by atoms with Crippen LogP contribution in [-0.2, 0) is 0 Å². The minimum absolute atomic E-state index is 0.238. The molecule has 0 bridgehead atoms. The first-order chi connectivity index (χ1) is 15.3. The Balaban J connectivity index is 1.38. The highest BCUT2D eigenvalue weighted by atomic mass is 15.3. The van der Waals surface area contributed by atoms with Crippen molar-refractivity contribution in [3.8, 4) is 11.3 Å². The zero-order chi connectivity index (χ0) is 20.8. The number of rotatable bonds is 3. The molecule has 0 aliphatic carbocycles. The maximum absolute atomic E-state index is 4.97. The summed E-state index contributed by atoms with van der Waals surface area (Å²) in [5.74, 6) is 0.992. The smallest absolute Gasteiger partial charge is 0.225 e. The lowest BCUT2D eigenvalue weighted by atomic mass is 9.92. The van der Waals surface area contributed by atoms with Crippen molar-refractivity contribution in [3.05, 3.63) is 78.5 Å². The lowest BCUT2D eigenvalue weighted by Crippen LogP contribution is -2.46. The first-order valence-corrected chi connectivity index (χ1v) is 10.3. The van der Waals surface area contributed by atoms with Crippen molar-refractivity contribution in [2.75, 3.05) is 18.0 Å². The van der Waals surface area contributed by atoms with Gasteiger partial charge in [-0.1, -0.05) is 18.2 Å². The number of benzene rings is 1. The summed E-state index contributed by atoms with van der Waals surface area (Å²) in [7, 11) is 0. The normalized spacial score (nSPS) is 14.2. The Hall–Kier alpha value is -4.00. The fraction of sp³-hybridized carbons (Fsp3) is 0.167. The maximum Gasteiger partial charge on any atom is 0.225 e. The van der Waals surface area contributed by atoms with Gasteiger partial charge in [0.15, 0.2) is 5.65 Å². The van der Waals surface area contributed by atoms with Crippen molar-refractivity contribution in [2.24, 2.45) is 0 Å². The summed E-state index contributed by atoms with van der Waals surface area (Å²) in [5.41, 5.74) is 6.19. The van der Waals surface area contributed by atoms with Gasteiger partial charge in [-0.2, -0.15) is 0 Å². The summed E-state index contributed by atoms with van der Waals surface area (Å²) in [6.45, 7) is 3.59. The van der Waals surface area contributed by atoms with Crippen LogP contribution < -0.4 is 4.90 Å². The van der Waals surface area contributed by atoms with E-state index in [1.54, 1.807) is 12.4 Å². The number of aromatic nitrogens is 6. The molecule has 1 aromatic carbocycles. The van der Waals surface area contributed by atoms with Crippen LogP contribution in [0.3, 0.4) is 0 Å². The molecule has 0 N–H and O–H groups in total. The largest absolute Gasteiger partial charge is 0.339 e. The Kier molecular flexibility index (Phi) is 4.06. The first-order valence-electron chi connectivity index (χ1n) is 10.3. The third-order valence-corrected chi connectivity index (χ3v) is 5.76. The van der Waals surface area contributed by atoms with Crippen molar-refractivity contribution in [1.82, 2.24) is 29.9 Å². The number of hydrogen-bond donors (Lipinski definition) is 0. The van der Waals surface area contributed by atoms with E-state index in [0.29, 0.717) is 5.65 Å². The van der Waals surface area contributed by atoms with Crippen molar-refractivity contribution in [1.29, 1.82) is 0 Å². The van der Waals surface area contributed by atoms with Gasteiger partial charge in [-0.15, -0.1) is 0 Å². The minimum Gasteiger partial charge on any atom is -0.339 e. The van der Waals surface area contributed by atoms with Crippen LogP contribution in [0, 0.1) is 6.92 Å². The van der Waals surface area contributed by atoms with Crippen LogP contribution >= 0.6 is 0 Å².